The molecule has 0 amide bonds. The average Bonchev–Trinajstić information content (AvgIpc) is 3.07. The number of hydrogen-bond donors (Lipinski definition) is 1. The molecule has 0 heterocycles. The standard InChI is InChI=1S/C18H24O4/c1-18(2,17(19)20)9-12-8-13(21-3)14-10-5-6-11(7-10)15(14)16(12)22-4/h8,10-11H,5-7,9H2,1-4H3,(H,19,20). The smallest absolute Gasteiger partial charge is 0.309 e. The first-order valence-corrected chi connectivity index (χ1v) is 7.90. The molecule has 0 radical (unpaired) electrons. The second-order valence-corrected chi connectivity index (χ2v) is 7.17. The molecule has 0 spiro atoms. The Bertz CT molecular complexity index is 618. The number of carbonyl (C=O) groups is 1. The third-order valence-electron chi connectivity index (χ3n) is 5.28. The van der Waals surface area contributed by atoms with E-state index in [-0.39, 0.29) is 0 Å². The van der Waals surface area contributed by atoms with Gasteiger partial charge in [0.2, 0.25) is 0 Å². The lowest BCUT2D eigenvalue weighted by Crippen LogP contribution is -2.26. The van der Waals surface area contributed by atoms with Gasteiger partial charge in [-0.2, -0.15) is 0 Å². The number of carboxylic acid groups (broad SMARTS) is 1. The Morgan fingerprint density at radius 1 is 1.23 bits per heavy atom. The summed E-state index contributed by atoms with van der Waals surface area (Å²) in [4.78, 5) is 11.5. The quantitative estimate of drug-likeness (QED) is 0.900. The number of hydrogen-bond acceptors (Lipinski definition) is 3. The maximum atomic E-state index is 11.5. The molecule has 0 aromatic heterocycles. The molecule has 1 N–H and O–H groups in total. The fourth-order valence-electron chi connectivity index (χ4n) is 4.15. The second-order valence-electron chi connectivity index (χ2n) is 7.17. The molecule has 1 aromatic rings. The van der Waals surface area contributed by atoms with E-state index in [1.807, 2.05) is 6.07 Å². The van der Waals surface area contributed by atoms with Crippen molar-refractivity contribution in [2.75, 3.05) is 14.2 Å². The van der Waals surface area contributed by atoms with Crippen molar-refractivity contribution >= 4 is 5.97 Å². The Morgan fingerprint density at radius 2 is 1.86 bits per heavy atom. The van der Waals surface area contributed by atoms with Crippen LogP contribution in [0.4, 0.5) is 0 Å². The van der Waals surface area contributed by atoms with Crippen molar-refractivity contribution in [2.24, 2.45) is 5.41 Å². The van der Waals surface area contributed by atoms with E-state index in [4.69, 9.17) is 9.47 Å². The Labute approximate surface area is 131 Å². The van der Waals surface area contributed by atoms with Crippen molar-refractivity contribution in [2.45, 2.75) is 51.4 Å². The van der Waals surface area contributed by atoms with E-state index in [1.54, 1.807) is 28.1 Å². The molecule has 22 heavy (non-hydrogen) atoms. The van der Waals surface area contributed by atoms with Gasteiger partial charge in [0.1, 0.15) is 11.5 Å². The minimum absolute atomic E-state index is 0.437. The van der Waals surface area contributed by atoms with Gasteiger partial charge in [-0.3, -0.25) is 4.79 Å². The predicted octanol–water partition coefficient (Wildman–Crippen LogP) is 3.72. The van der Waals surface area contributed by atoms with Crippen molar-refractivity contribution in [3.8, 4) is 11.5 Å². The summed E-state index contributed by atoms with van der Waals surface area (Å²) in [5, 5.41) is 9.42. The molecule has 1 aromatic carbocycles. The van der Waals surface area contributed by atoms with Crippen LogP contribution in [0.3, 0.4) is 0 Å². The summed E-state index contributed by atoms with van der Waals surface area (Å²) in [6.45, 7) is 3.50. The average molecular weight is 304 g/mol. The van der Waals surface area contributed by atoms with E-state index in [1.165, 1.54) is 30.4 Å². The largest absolute Gasteiger partial charge is 0.496 e. The zero-order valence-electron chi connectivity index (χ0n) is 13.7. The number of carboxylic acids is 1. The number of ether oxygens (including phenoxy) is 2. The minimum atomic E-state index is -0.829. The predicted molar refractivity (Wildman–Crippen MR) is 84.0 cm³/mol. The van der Waals surface area contributed by atoms with Crippen LogP contribution in [0, 0.1) is 5.41 Å². The summed E-state index contributed by atoms with van der Waals surface area (Å²) < 4.78 is 11.3. The third-order valence-corrected chi connectivity index (χ3v) is 5.28. The first kappa shape index (κ1) is 15.2. The molecule has 2 atom stereocenters. The van der Waals surface area contributed by atoms with E-state index in [2.05, 4.69) is 0 Å². The molecule has 3 rings (SSSR count). The molecule has 2 aliphatic carbocycles. The van der Waals surface area contributed by atoms with Crippen LogP contribution in [0.5, 0.6) is 11.5 Å². The first-order chi connectivity index (χ1) is 10.4. The van der Waals surface area contributed by atoms with Crippen molar-refractivity contribution in [3.05, 3.63) is 22.8 Å². The van der Waals surface area contributed by atoms with Crippen molar-refractivity contribution in [3.63, 3.8) is 0 Å². The van der Waals surface area contributed by atoms with Gasteiger partial charge in [0.05, 0.1) is 19.6 Å². The lowest BCUT2D eigenvalue weighted by molar-refractivity contribution is -0.146. The summed E-state index contributed by atoms with van der Waals surface area (Å²) in [6, 6.07) is 1.99. The van der Waals surface area contributed by atoms with Crippen LogP contribution in [0.25, 0.3) is 0 Å². The van der Waals surface area contributed by atoms with Crippen molar-refractivity contribution < 1.29 is 19.4 Å². The molecule has 2 aliphatic rings. The Morgan fingerprint density at radius 3 is 2.41 bits per heavy atom. The van der Waals surface area contributed by atoms with E-state index in [9.17, 15) is 9.90 Å². The summed E-state index contributed by atoms with van der Waals surface area (Å²) in [5.41, 5.74) is 2.68. The van der Waals surface area contributed by atoms with Crippen LogP contribution in [0.15, 0.2) is 6.07 Å². The van der Waals surface area contributed by atoms with Crippen molar-refractivity contribution in [1.82, 2.24) is 0 Å². The van der Waals surface area contributed by atoms with Gasteiger partial charge in [-0.25, -0.2) is 0 Å². The Balaban J connectivity index is 2.12. The molecule has 120 valence electrons. The molecule has 4 heteroatoms. The summed E-state index contributed by atoms with van der Waals surface area (Å²) >= 11 is 0. The first-order valence-electron chi connectivity index (χ1n) is 7.90. The van der Waals surface area contributed by atoms with Gasteiger partial charge in [0.15, 0.2) is 0 Å². The highest BCUT2D eigenvalue weighted by Crippen LogP contribution is 2.59. The number of benzene rings is 1. The third kappa shape index (κ3) is 2.16. The fourth-order valence-corrected chi connectivity index (χ4v) is 4.15. The SMILES string of the molecule is COc1cc(CC(C)(C)C(=O)O)c(OC)c2c1C1CCC2C1. The highest BCUT2D eigenvalue weighted by atomic mass is 16.5. The van der Waals surface area contributed by atoms with Crippen LogP contribution < -0.4 is 9.47 Å². The molecular weight excluding hydrogens is 280 g/mol. The lowest BCUT2D eigenvalue weighted by Gasteiger charge is -2.26. The Kier molecular flexibility index (Phi) is 3.58. The topological polar surface area (TPSA) is 55.8 Å². The van der Waals surface area contributed by atoms with Crippen LogP contribution in [0.1, 0.15) is 61.6 Å². The van der Waals surface area contributed by atoms with Gasteiger partial charge in [-0.05, 0) is 63.0 Å². The van der Waals surface area contributed by atoms with Crippen LogP contribution in [0.2, 0.25) is 0 Å². The maximum absolute atomic E-state index is 11.5. The molecule has 2 unspecified atom stereocenters. The molecule has 4 nitrogen and oxygen atoms in total. The van der Waals surface area contributed by atoms with E-state index in [0.717, 1.165) is 17.1 Å². The number of methoxy groups -OCH3 is 2. The Hall–Kier alpha value is -1.71. The maximum Gasteiger partial charge on any atom is 0.309 e. The van der Waals surface area contributed by atoms with Gasteiger partial charge in [0, 0.05) is 11.1 Å². The van der Waals surface area contributed by atoms with E-state index in [0.29, 0.717) is 18.3 Å². The zero-order chi connectivity index (χ0) is 16.1. The summed E-state index contributed by atoms with van der Waals surface area (Å²) in [5.74, 6) is 2.11. The van der Waals surface area contributed by atoms with Crippen LogP contribution in [-0.4, -0.2) is 25.3 Å². The van der Waals surface area contributed by atoms with E-state index < -0.39 is 11.4 Å². The normalized spacial score (nSPS) is 22.5. The minimum Gasteiger partial charge on any atom is -0.496 e. The van der Waals surface area contributed by atoms with Gasteiger partial charge in [-0.1, -0.05) is 0 Å². The second kappa shape index (κ2) is 5.18. The van der Waals surface area contributed by atoms with Crippen LogP contribution in [-0.2, 0) is 11.2 Å². The highest BCUT2D eigenvalue weighted by Gasteiger charge is 2.42. The molecular formula is C18H24O4. The van der Waals surface area contributed by atoms with Gasteiger partial charge in [0.25, 0.3) is 0 Å². The van der Waals surface area contributed by atoms with Crippen LogP contribution >= 0.6 is 0 Å². The lowest BCUT2D eigenvalue weighted by atomic mass is 9.82. The summed E-state index contributed by atoms with van der Waals surface area (Å²) in [6.07, 6.45) is 4.03. The van der Waals surface area contributed by atoms with Gasteiger partial charge >= 0.3 is 5.97 Å². The fraction of sp³-hybridized carbons (Fsp3) is 0.611. The molecule has 1 saturated carbocycles. The van der Waals surface area contributed by atoms with Crippen molar-refractivity contribution in [1.29, 1.82) is 0 Å². The van der Waals surface area contributed by atoms with Gasteiger partial charge < -0.3 is 14.6 Å². The number of fused-ring (bicyclic) bond motifs is 5. The molecule has 0 aliphatic heterocycles. The monoisotopic (exact) mass is 304 g/mol. The number of rotatable bonds is 5. The number of aliphatic carboxylic acids is 1. The van der Waals surface area contributed by atoms with Gasteiger partial charge in [-0.15, -0.1) is 0 Å². The molecule has 0 saturated heterocycles. The molecule has 2 bridgehead atoms. The summed E-state index contributed by atoms with van der Waals surface area (Å²) in [7, 11) is 3.38. The van der Waals surface area contributed by atoms with E-state index >= 15 is 0 Å². The zero-order valence-corrected chi connectivity index (χ0v) is 13.7. The molecule has 1 fully saturated rings. The highest BCUT2D eigenvalue weighted by molar-refractivity contribution is 5.74.